The van der Waals surface area contributed by atoms with Crippen LogP contribution in [0.15, 0.2) is 24.4 Å². The number of hydrogen-bond donors (Lipinski definition) is 2. The predicted molar refractivity (Wildman–Crippen MR) is 111 cm³/mol. The number of carbonyl (C=O) groups is 4. The molecule has 2 heterocycles. The molecule has 1 saturated heterocycles. The highest BCUT2D eigenvalue weighted by molar-refractivity contribution is 6.09. The van der Waals surface area contributed by atoms with Gasteiger partial charge in [0.15, 0.2) is 5.78 Å². The largest absolute Gasteiger partial charge is 0.491 e. The van der Waals surface area contributed by atoms with Crippen LogP contribution in [0.4, 0.5) is 27.6 Å². The summed E-state index contributed by atoms with van der Waals surface area (Å²) in [5.74, 6) is -7.60. The quantitative estimate of drug-likeness (QED) is 0.332. The zero-order chi connectivity index (χ0) is 25.8. The number of halogens is 5. The van der Waals surface area contributed by atoms with Crippen molar-refractivity contribution >= 4 is 40.2 Å². The lowest BCUT2D eigenvalue weighted by Gasteiger charge is -2.32. The molecule has 1 fully saturated rings. The number of carbonyl (C=O) groups excluding carboxylic acids is 4. The van der Waals surface area contributed by atoms with Gasteiger partial charge in [0.05, 0.1) is 17.7 Å². The van der Waals surface area contributed by atoms with Crippen molar-refractivity contribution in [3.63, 3.8) is 0 Å². The number of aromatic nitrogens is 1. The van der Waals surface area contributed by atoms with E-state index in [0.717, 1.165) is 6.20 Å². The lowest BCUT2D eigenvalue weighted by molar-refractivity contribution is -0.202. The number of anilines is 1. The molecule has 1 aromatic heterocycles. The number of esters is 2. The SMILES string of the molecule is O=C(CC(NC(=O)c1cnc2c(F)cccc2c1N1CCNCC1)C(=O)CF)OC(=O)C(F)(F)F. The van der Waals surface area contributed by atoms with E-state index in [4.69, 9.17) is 0 Å². The zero-order valence-corrected chi connectivity index (χ0v) is 18.0. The van der Waals surface area contributed by atoms with Crippen LogP contribution in [-0.2, 0) is 19.1 Å². The first-order valence-corrected chi connectivity index (χ1v) is 10.3. The minimum absolute atomic E-state index is 0.0248. The third-order valence-corrected chi connectivity index (χ3v) is 5.13. The Balaban J connectivity index is 1.91. The summed E-state index contributed by atoms with van der Waals surface area (Å²) in [6.45, 7) is 0.283. The van der Waals surface area contributed by atoms with Gasteiger partial charge in [0.1, 0.15) is 24.1 Å². The topological polar surface area (TPSA) is 118 Å². The van der Waals surface area contributed by atoms with Crippen LogP contribution in [0.2, 0.25) is 0 Å². The number of Topliss-reactive ketones (excluding diaryl/α,β-unsaturated/α-hetero) is 1. The van der Waals surface area contributed by atoms with Gasteiger partial charge < -0.3 is 20.3 Å². The molecule has 1 unspecified atom stereocenters. The van der Waals surface area contributed by atoms with E-state index in [-0.39, 0.29) is 22.2 Å². The maximum absolute atomic E-state index is 14.3. The number of fused-ring (bicyclic) bond motifs is 1. The van der Waals surface area contributed by atoms with Crippen molar-refractivity contribution in [3.8, 4) is 0 Å². The van der Waals surface area contributed by atoms with Gasteiger partial charge >= 0.3 is 18.1 Å². The summed E-state index contributed by atoms with van der Waals surface area (Å²) in [5, 5.41) is 5.49. The molecular formula is C21H19F5N4O5. The van der Waals surface area contributed by atoms with Crippen molar-refractivity contribution < 1.29 is 45.9 Å². The second-order valence-corrected chi connectivity index (χ2v) is 7.48. The molecule has 0 radical (unpaired) electrons. The summed E-state index contributed by atoms with van der Waals surface area (Å²) < 4.78 is 67.9. The van der Waals surface area contributed by atoms with Crippen molar-refractivity contribution in [1.29, 1.82) is 0 Å². The van der Waals surface area contributed by atoms with Crippen molar-refractivity contribution in [2.75, 3.05) is 37.8 Å². The number of nitrogens with zero attached hydrogens (tertiary/aromatic N) is 2. The van der Waals surface area contributed by atoms with Crippen molar-refractivity contribution in [1.82, 2.24) is 15.6 Å². The first kappa shape index (κ1) is 25.9. The standard InChI is InChI=1S/C21H19F5N4O5/c22-9-15(31)14(8-16(32)35-20(34)21(24,25)26)29-19(33)12-10-28-17-11(2-1-3-13(17)23)18(12)30-6-4-27-5-7-30/h1-3,10,14,27H,4-9H2,(H,29,33). The molecular weight excluding hydrogens is 483 g/mol. The molecule has 1 aliphatic heterocycles. The number of pyridine rings is 1. The summed E-state index contributed by atoms with van der Waals surface area (Å²) >= 11 is 0. The molecule has 0 aliphatic carbocycles. The molecule has 2 aromatic rings. The van der Waals surface area contributed by atoms with Crippen molar-refractivity contribution in [2.45, 2.75) is 18.6 Å². The number of rotatable bonds is 7. The maximum atomic E-state index is 14.3. The predicted octanol–water partition coefficient (Wildman–Crippen LogP) is 1.44. The van der Waals surface area contributed by atoms with Crippen LogP contribution in [0.3, 0.4) is 0 Å². The molecule has 3 rings (SSSR count). The van der Waals surface area contributed by atoms with Crippen LogP contribution in [0.25, 0.3) is 10.9 Å². The van der Waals surface area contributed by atoms with E-state index < -0.39 is 54.8 Å². The average molecular weight is 502 g/mol. The minimum atomic E-state index is -5.47. The number of amides is 1. The molecule has 14 heteroatoms. The molecule has 0 saturated carbocycles. The van der Waals surface area contributed by atoms with E-state index in [1.807, 2.05) is 0 Å². The lowest BCUT2D eigenvalue weighted by Crippen LogP contribution is -2.46. The van der Waals surface area contributed by atoms with Gasteiger partial charge in [-0.15, -0.1) is 0 Å². The number of piperazine rings is 1. The molecule has 1 atom stereocenters. The van der Waals surface area contributed by atoms with Gasteiger partial charge in [0.2, 0.25) is 0 Å². The summed E-state index contributed by atoms with van der Waals surface area (Å²) in [7, 11) is 0. The smallest absolute Gasteiger partial charge is 0.386 e. The van der Waals surface area contributed by atoms with Crippen LogP contribution in [0.5, 0.6) is 0 Å². The van der Waals surface area contributed by atoms with E-state index >= 15 is 0 Å². The van der Waals surface area contributed by atoms with Crippen LogP contribution >= 0.6 is 0 Å². The van der Waals surface area contributed by atoms with Gasteiger partial charge in [0, 0.05) is 37.8 Å². The van der Waals surface area contributed by atoms with Crippen LogP contribution in [0, 0.1) is 5.82 Å². The summed E-state index contributed by atoms with van der Waals surface area (Å²) in [4.78, 5) is 53.3. The fourth-order valence-electron chi connectivity index (χ4n) is 3.51. The van der Waals surface area contributed by atoms with E-state index in [1.54, 1.807) is 4.90 Å². The van der Waals surface area contributed by atoms with Gasteiger partial charge in [-0.1, -0.05) is 12.1 Å². The lowest BCUT2D eigenvalue weighted by atomic mass is 10.0. The first-order valence-electron chi connectivity index (χ1n) is 10.3. The Kier molecular flexibility index (Phi) is 7.94. The van der Waals surface area contributed by atoms with E-state index in [9.17, 15) is 41.1 Å². The molecule has 1 aromatic carbocycles. The molecule has 35 heavy (non-hydrogen) atoms. The highest BCUT2D eigenvalue weighted by Crippen LogP contribution is 2.31. The van der Waals surface area contributed by atoms with E-state index in [0.29, 0.717) is 26.2 Å². The van der Waals surface area contributed by atoms with Gasteiger partial charge in [-0.05, 0) is 6.07 Å². The van der Waals surface area contributed by atoms with Crippen LogP contribution < -0.4 is 15.5 Å². The number of alkyl halides is 4. The zero-order valence-electron chi connectivity index (χ0n) is 18.0. The Morgan fingerprint density at radius 1 is 1.17 bits per heavy atom. The summed E-state index contributed by atoms with van der Waals surface area (Å²) in [6.07, 6.45) is -5.65. The number of ether oxygens (including phenoxy) is 1. The molecule has 1 amide bonds. The molecule has 188 valence electrons. The van der Waals surface area contributed by atoms with Crippen LogP contribution in [-0.4, -0.2) is 73.7 Å². The van der Waals surface area contributed by atoms with E-state index in [1.165, 1.54) is 18.2 Å². The fourth-order valence-corrected chi connectivity index (χ4v) is 3.51. The first-order chi connectivity index (χ1) is 16.5. The normalized spacial score (nSPS) is 14.9. The Morgan fingerprint density at radius 3 is 2.49 bits per heavy atom. The Labute approximate surface area is 194 Å². The Morgan fingerprint density at radius 2 is 1.86 bits per heavy atom. The highest BCUT2D eigenvalue weighted by Gasteiger charge is 2.43. The molecule has 9 nitrogen and oxygen atoms in total. The number of benzene rings is 1. The second kappa shape index (κ2) is 10.7. The second-order valence-electron chi connectivity index (χ2n) is 7.48. The Bertz CT molecular complexity index is 1150. The summed E-state index contributed by atoms with van der Waals surface area (Å²) in [6, 6.07) is 2.19. The highest BCUT2D eigenvalue weighted by atomic mass is 19.4. The molecule has 0 spiro atoms. The average Bonchev–Trinajstić information content (AvgIpc) is 2.82. The van der Waals surface area contributed by atoms with E-state index in [2.05, 4.69) is 20.4 Å². The van der Waals surface area contributed by atoms with Crippen molar-refractivity contribution in [2.24, 2.45) is 0 Å². The van der Waals surface area contributed by atoms with Gasteiger partial charge in [-0.3, -0.25) is 19.4 Å². The summed E-state index contributed by atoms with van der Waals surface area (Å²) in [5.41, 5.74) is 0.111. The minimum Gasteiger partial charge on any atom is -0.386 e. The number of ketones is 1. The van der Waals surface area contributed by atoms with Crippen LogP contribution in [0.1, 0.15) is 16.8 Å². The maximum Gasteiger partial charge on any atom is 0.491 e. The van der Waals surface area contributed by atoms with Crippen molar-refractivity contribution in [3.05, 3.63) is 35.8 Å². The van der Waals surface area contributed by atoms with Gasteiger partial charge in [-0.2, -0.15) is 13.2 Å². The number of nitrogens with one attached hydrogen (secondary N) is 2. The number of hydrogen-bond acceptors (Lipinski definition) is 8. The van der Waals surface area contributed by atoms with Gasteiger partial charge in [0.25, 0.3) is 5.91 Å². The third kappa shape index (κ3) is 6.07. The fraction of sp³-hybridized carbons (Fsp3) is 0.381. The number of para-hydroxylation sites is 1. The molecule has 1 aliphatic rings. The molecule has 2 N–H and O–H groups in total. The monoisotopic (exact) mass is 502 g/mol. The Hall–Kier alpha value is -3.68. The van der Waals surface area contributed by atoms with Gasteiger partial charge in [-0.25, -0.2) is 13.6 Å². The third-order valence-electron chi connectivity index (χ3n) is 5.13. The molecule has 0 bridgehead atoms.